The molecule has 3 rings (SSSR count). The van der Waals surface area contributed by atoms with E-state index < -0.39 is 11.5 Å². The van der Waals surface area contributed by atoms with E-state index >= 15 is 0 Å². The van der Waals surface area contributed by atoms with Crippen molar-refractivity contribution in [1.82, 2.24) is 14.6 Å². The van der Waals surface area contributed by atoms with Gasteiger partial charge in [0.1, 0.15) is 5.56 Å². The summed E-state index contributed by atoms with van der Waals surface area (Å²) in [6.07, 6.45) is 3.01. The van der Waals surface area contributed by atoms with E-state index in [1.807, 2.05) is 6.07 Å². The van der Waals surface area contributed by atoms with Gasteiger partial charge in [0.05, 0.1) is 11.2 Å². The van der Waals surface area contributed by atoms with Crippen molar-refractivity contribution >= 4 is 28.8 Å². The molecule has 1 N–H and O–H groups in total. The fourth-order valence-electron chi connectivity index (χ4n) is 1.90. The number of carbonyl (C=O) groups is 1. The average molecular weight is 301 g/mol. The van der Waals surface area contributed by atoms with Gasteiger partial charge in [0.2, 0.25) is 0 Å². The highest BCUT2D eigenvalue weighted by atomic mass is 35.5. The van der Waals surface area contributed by atoms with E-state index in [0.717, 1.165) is 0 Å². The molecule has 0 aliphatic heterocycles. The predicted octanol–water partition coefficient (Wildman–Crippen LogP) is 2.00. The third kappa shape index (κ3) is 2.48. The van der Waals surface area contributed by atoms with Gasteiger partial charge in [0.25, 0.3) is 11.5 Å². The quantitative estimate of drug-likeness (QED) is 0.785. The van der Waals surface area contributed by atoms with Crippen LogP contribution in [0.5, 0.6) is 0 Å². The molecule has 0 saturated heterocycles. The maximum atomic E-state index is 12.3. The molecule has 0 aliphatic carbocycles. The maximum Gasteiger partial charge on any atom is 0.267 e. The highest BCUT2D eigenvalue weighted by molar-refractivity contribution is 6.33. The minimum absolute atomic E-state index is 0.000389. The van der Waals surface area contributed by atoms with Crippen LogP contribution in [0.4, 0.5) is 5.82 Å². The monoisotopic (exact) mass is 300 g/mol. The Kier molecular flexibility index (Phi) is 3.37. The molecule has 1 amide bonds. The van der Waals surface area contributed by atoms with Gasteiger partial charge in [0, 0.05) is 11.7 Å². The number of aromatic nitrogens is 3. The average Bonchev–Trinajstić information content (AvgIpc) is 2.50. The number of hydrogen-bond donors (Lipinski definition) is 1. The maximum absolute atomic E-state index is 12.3. The van der Waals surface area contributed by atoms with Gasteiger partial charge >= 0.3 is 0 Å². The number of amides is 1. The molecule has 0 atom stereocenters. The van der Waals surface area contributed by atoms with E-state index in [0.29, 0.717) is 5.52 Å². The lowest BCUT2D eigenvalue weighted by atomic mass is 10.2. The molecule has 0 fully saturated rings. The predicted molar refractivity (Wildman–Crippen MR) is 78.7 cm³/mol. The molecule has 0 spiro atoms. The lowest BCUT2D eigenvalue weighted by Gasteiger charge is -2.06. The number of pyridine rings is 2. The van der Waals surface area contributed by atoms with E-state index in [2.05, 4.69) is 15.5 Å². The Morgan fingerprint density at radius 1 is 1.19 bits per heavy atom. The molecular formula is C14H9ClN4O2. The van der Waals surface area contributed by atoms with Crippen LogP contribution in [0.15, 0.2) is 53.6 Å². The zero-order valence-corrected chi connectivity index (χ0v) is 11.4. The molecule has 0 radical (unpaired) electrons. The number of nitrogens with one attached hydrogen (secondary N) is 1. The largest absolute Gasteiger partial charge is 0.304 e. The van der Waals surface area contributed by atoms with Gasteiger partial charge in [-0.25, -0.2) is 0 Å². The van der Waals surface area contributed by atoms with E-state index in [4.69, 9.17) is 11.6 Å². The Morgan fingerprint density at radius 3 is 2.86 bits per heavy atom. The third-order valence-corrected chi connectivity index (χ3v) is 3.21. The van der Waals surface area contributed by atoms with Crippen LogP contribution in [0.25, 0.3) is 5.52 Å². The van der Waals surface area contributed by atoms with Gasteiger partial charge in [-0.1, -0.05) is 17.7 Å². The summed E-state index contributed by atoms with van der Waals surface area (Å²) in [5, 5.41) is 10.1. The molecule has 3 heterocycles. The minimum atomic E-state index is -0.583. The second kappa shape index (κ2) is 5.34. The minimum Gasteiger partial charge on any atom is -0.304 e. The fraction of sp³-hybridized carbons (Fsp3) is 0. The van der Waals surface area contributed by atoms with Crippen LogP contribution in [-0.2, 0) is 0 Å². The Morgan fingerprint density at radius 2 is 2.05 bits per heavy atom. The summed E-state index contributed by atoms with van der Waals surface area (Å²) in [5.74, 6) is -0.470. The first kappa shape index (κ1) is 13.3. The van der Waals surface area contributed by atoms with E-state index in [1.54, 1.807) is 24.4 Å². The number of nitrogens with zero attached hydrogens (tertiary/aromatic N) is 3. The smallest absolute Gasteiger partial charge is 0.267 e. The number of hydrogen-bond acceptors (Lipinski definition) is 4. The highest BCUT2D eigenvalue weighted by Gasteiger charge is 2.14. The SMILES string of the molecule is O=C(Nc1nnccc1Cl)c1ccc2ccccn2c1=O. The Hall–Kier alpha value is -2.73. The molecule has 21 heavy (non-hydrogen) atoms. The number of carbonyl (C=O) groups excluding carboxylic acids is 1. The fourth-order valence-corrected chi connectivity index (χ4v) is 2.04. The van der Waals surface area contributed by atoms with Crippen LogP contribution >= 0.6 is 11.6 Å². The molecule has 7 heteroatoms. The van der Waals surface area contributed by atoms with Crippen molar-refractivity contribution < 1.29 is 4.79 Å². The van der Waals surface area contributed by atoms with Gasteiger partial charge in [-0.3, -0.25) is 14.0 Å². The molecule has 6 nitrogen and oxygen atoms in total. The van der Waals surface area contributed by atoms with Crippen molar-refractivity contribution in [3.63, 3.8) is 0 Å². The Labute approximate surface area is 124 Å². The van der Waals surface area contributed by atoms with Gasteiger partial charge in [-0.2, -0.15) is 5.10 Å². The van der Waals surface area contributed by atoms with Gasteiger partial charge in [0.15, 0.2) is 5.82 Å². The molecule has 104 valence electrons. The summed E-state index contributed by atoms with van der Waals surface area (Å²) >= 11 is 5.89. The van der Waals surface area contributed by atoms with Crippen LogP contribution in [0.1, 0.15) is 10.4 Å². The van der Waals surface area contributed by atoms with Crippen LogP contribution in [-0.4, -0.2) is 20.5 Å². The lowest BCUT2D eigenvalue weighted by molar-refractivity contribution is 0.102. The van der Waals surface area contributed by atoms with Crippen LogP contribution in [0.2, 0.25) is 5.02 Å². The van der Waals surface area contributed by atoms with Gasteiger partial charge in [-0.15, -0.1) is 5.10 Å². The van der Waals surface area contributed by atoms with Crippen LogP contribution in [0.3, 0.4) is 0 Å². The van der Waals surface area contributed by atoms with Crippen molar-refractivity contribution in [2.45, 2.75) is 0 Å². The van der Waals surface area contributed by atoms with E-state index in [-0.39, 0.29) is 16.4 Å². The van der Waals surface area contributed by atoms with E-state index in [9.17, 15) is 9.59 Å². The Balaban J connectivity index is 2.01. The molecular weight excluding hydrogens is 292 g/mol. The second-order valence-electron chi connectivity index (χ2n) is 4.23. The topological polar surface area (TPSA) is 76.4 Å². The van der Waals surface area contributed by atoms with Gasteiger partial charge in [-0.05, 0) is 30.3 Å². The van der Waals surface area contributed by atoms with Crippen molar-refractivity contribution in [2.75, 3.05) is 5.32 Å². The molecule has 3 aromatic heterocycles. The van der Waals surface area contributed by atoms with Crippen molar-refractivity contribution in [1.29, 1.82) is 0 Å². The second-order valence-corrected chi connectivity index (χ2v) is 4.64. The first-order valence-corrected chi connectivity index (χ1v) is 6.43. The Bertz CT molecular complexity index is 891. The summed E-state index contributed by atoms with van der Waals surface area (Å²) < 4.78 is 1.40. The molecule has 3 aromatic rings. The summed E-state index contributed by atoms with van der Waals surface area (Å²) in [4.78, 5) is 24.5. The van der Waals surface area contributed by atoms with Crippen molar-refractivity contribution in [3.8, 4) is 0 Å². The standard InChI is InChI=1S/C14H9ClN4O2/c15-11-6-7-16-18-12(11)17-13(20)10-5-4-9-3-1-2-8-19(9)14(10)21/h1-8H,(H,17,18,20). The molecule has 0 aromatic carbocycles. The normalized spacial score (nSPS) is 10.5. The van der Waals surface area contributed by atoms with Gasteiger partial charge < -0.3 is 5.32 Å². The zero-order chi connectivity index (χ0) is 14.8. The summed E-state index contributed by atoms with van der Waals surface area (Å²) in [6, 6.07) is 9.97. The zero-order valence-electron chi connectivity index (χ0n) is 10.7. The van der Waals surface area contributed by atoms with Crippen LogP contribution in [0, 0.1) is 0 Å². The molecule has 0 aliphatic rings. The first-order chi connectivity index (χ1) is 10.2. The number of fused-ring (bicyclic) bond motifs is 1. The third-order valence-electron chi connectivity index (χ3n) is 2.91. The number of rotatable bonds is 2. The van der Waals surface area contributed by atoms with Crippen LogP contribution < -0.4 is 10.9 Å². The van der Waals surface area contributed by atoms with Crippen molar-refractivity contribution in [3.05, 3.63) is 69.7 Å². The number of anilines is 1. The highest BCUT2D eigenvalue weighted by Crippen LogP contribution is 2.16. The number of halogens is 1. The summed E-state index contributed by atoms with van der Waals surface area (Å²) in [5.41, 5.74) is 0.294. The molecule has 0 saturated carbocycles. The summed E-state index contributed by atoms with van der Waals surface area (Å²) in [7, 11) is 0. The summed E-state index contributed by atoms with van der Waals surface area (Å²) in [6.45, 7) is 0. The first-order valence-electron chi connectivity index (χ1n) is 6.06. The molecule has 0 bridgehead atoms. The lowest BCUT2D eigenvalue weighted by Crippen LogP contribution is -2.26. The van der Waals surface area contributed by atoms with Crippen molar-refractivity contribution in [2.24, 2.45) is 0 Å². The van der Waals surface area contributed by atoms with E-state index in [1.165, 1.54) is 22.7 Å². The molecule has 0 unspecified atom stereocenters.